The van der Waals surface area contributed by atoms with Gasteiger partial charge in [-0.15, -0.1) is 0 Å². The average molecular weight is 489 g/mol. The first-order valence-electron chi connectivity index (χ1n) is 10.1. The third-order valence-corrected chi connectivity index (χ3v) is 6.39. The highest BCUT2D eigenvalue weighted by molar-refractivity contribution is 7.99. The van der Waals surface area contributed by atoms with Crippen molar-refractivity contribution in [2.75, 3.05) is 5.75 Å². The maximum absolute atomic E-state index is 14.0. The van der Waals surface area contributed by atoms with Crippen LogP contribution in [0.4, 0.5) is 8.78 Å². The number of rotatable bonds is 8. The third kappa shape index (κ3) is 5.15. The highest BCUT2D eigenvalue weighted by Crippen LogP contribution is 2.21. The molecule has 0 N–H and O–H groups in total. The van der Waals surface area contributed by atoms with Gasteiger partial charge < -0.3 is 0 Å². The monoisotopic (exact) mass is 488 g/mol. The molecule has 0 unspecified atom stereocenters. The van der Waals surface area contributed by atoms with Crippen LogP contribution >= 0.6 is 23.4 Å². The minimum absolute atomic E-state index is 0.151. The molecule has 33 heavy (non-hydrogen) atoms. The Morgan fingerprint density at radius 1 is 1.15 bits per heavy atom. The summed E-state index contributed by atoms with van der Waals surface area (Å²) < 4.78 is 30.4. The van der Waals surface area contributed by atoms with Crippen LogP contribution in [0, 0.1) is 18.6 Å². The zero-order valence-electron chi connectivity index (χ0n) is 17.6. The predicted octanol–water partition coefficient (Wildman–Crippen LogP) is 4.90. The summed E-state index contributed by atoms with van der Waals surface area (Å²) in [5.74, 6) is -2.34. The van der Waals surface area contributed by atoms with Crippen molar-refractivity contribution in [2.45, 2.75) is 31.6 Å². The zero-order chi connectivity index (χ0) is 23.5. The summed E-state index contributed by atoms with van der Waals surface area (Å²) in [6.45, 7) is 2.69. The number of aryl methyl sites for hydroxylation is 2. The Balaban J connectivity index is 1.57. The van der Waals surface area contributed by atoms with Gasteiger partial charge in [-0.3, -0.25) is 18.8 Å². The minimum Gasteiger partial charge on any atom is -0.293 e. The molecule has 0 atom stereocenters. The van der Waals surface area contributed by atoms with Gasteiger partial charge in [-0.1, -0.05) is 35.5 Å². The van der Waals surface area contributed by atoms with Gasteiger partial charge in [0.25, 0.3) is 5.56 Å². The van der Waals surface area contributed by atoms with E-state index in [1.165, 1.54) is 4.57 Å². The summed E-state index contributed by atoms with van der Waals surface area (Å²) >= 11 is 7.09. The zero-order valence-corrected chi connectivity index (χ0v) is 19.2. The van der Waals surface area contributed by atoms with Gasteiger partial charge in [0.15, 0.2) is 10.9 Å². The van der Waals surface area contributed by atoms with E-state index in [1.54, 1.807) is 35.1 Å². The number of aromatic nitrogens is 4. The van der Waals surface area contributed by atoms with Crippen LogP contribution in [0.3, 0.4) is 0 Å². The Morgan fingerprint density at radius 3 is 2.67 bits per heavy atom. The van der Waals surface area contributed by atoms with Crippen molar-refractivity contribution < 1.29 is 13.6 Å². The minimum atomic E-state index is -0.919. The number of benzene rings is 2. The fraction of sp³-hybridized carbons (Fsp3) is 0.217. The lowest BCUT2D eigenvalue weighted by Crippen LogP contribution is -2.24. The van der Waals surface area contributed by atoms with Crippen molar-refractivity contribution in [1.82, 2.24) is 19.3 Å². The largest absolute Gasteiger partial charge is 0.293 e. The molecule has 4 rings (SSSR count). The number of para-hydroxylation sites is 1. The Morgan fingerprint density at radius 2 is 1.94 bits per heavy atom. The standard InChI is InChI=1S/C23H19ClF2N4O2S/c1-14-18(24)12-29(28-14)9-4-10-30-22(32)17-5-2-3-6-20(17)27-23(30)33-13-21(31)16-8-7-15(25)11-19(16)26/h2-3,5-8,11-12H,4,9-10,13H2,1H3. The molecule has 2 heterocycles. The Kier molecular flexibility index (Phi) is 6.90. The van der Waals surface area contributed by atoms with Gasteiger partial charge in [0.05, 0.1) is 32.9 Å². The maximum atomic E-state index is 14.0. The van der Waals surface area contributed by atoms with E-state index in [4.69, 9.17) is 11.6 Å². The van der Waals surface area contributed by atoms with Gasteiger partial charge >= 0.3 is 0 Å². The normalized spacial score (nSPS) is 11.3. The van der Waals surface area contributed by atoms with Gasteiger partial charge in [-0.25, -0.2) is 13.8 Å². The number of halogens is 3. The average Bonchev–Trinajstić information content (AvgIpc) is 3.11. The number of carbonyl (C=O) groups is 1. The topological polar surface area (TPSA) is 69.8 Å². The number of hydrogen-bond donors (Lipinski definition) is 0. The van der Waals surface area contributed by atoms with Crippen LogP contribution in [0.2, 0.25) is 5.02 Å². The van der Waals surface area contributed by atoms with Crippen LogP contribution in [0.15, 0.2) is 58.6 Å². The molecular weight excluding hydrogens is 470 g/mol. The number of thioether (sulfide) groups is 1. The van der Waals surface area contributed by atoms with E-state index in [9.17, 15) is 18.4 Å². The molecule has 0 aliphatic rings. The predicted molar refractivity (Wildman–Crippen MR) is 124 cm³/mol. The van der Waals surface area contributed by atoms with Crippen LogP contribution in [0.25, 0.3) is 10.9 Å². The maximum Gasteiger partial charge on any atom is 0.262 e. The molecule has 170 valence electrons. The molecule has 0 saturated carbocycles. The molecule has 2 aromatic heterocycles. The highest BCUT2D eigenvalue weighted by Gasteiger charge is 2.17. The Labute approximate surface area is 197 Å². The molecule has 0 amide bonds. The third-order valence-electron chi connectivity index (χ3n) is 5.05. The highest BCUT2D eigenvalue weighted by atomic mass is 35.5. The summed E-state index contributed by atoms with van der Waals surface area (Å²) in [5.41, 5.74) is 0.808. The summed E-state index contributed by atoms with van der Waals surface area (Å²) in [7, 11) is 0. The molecule has 0 aliphatic heterocycles. The molecule has 0 radical (unpaired) electrons. The lowest BCUT2D eigenvalue weighted by atomic mass is 10.1. The second-order valence-corrected chi connectivity index (χ2v) is 8.73. The quantitative estimate of drug-likeness (QED) is 0.200. The number of Topliss-reactive ketones (excluding diaryl/α,β-unsaturated/α-hetero) is 1. The van der Waals surface area contributed by atoms with E-state index in [1.807, 2.05) is 6.92 Å². The van der Waals surface area contributed by atoms with Crippen molar-refractivity contribution in [1.29, 1.82) is 0 Å². The lowest BCUT2D eigenvalue weighted by Gasteiger charge is -2.13. The molecule has 0 saturated heterocycles. The van der Waals surface area contributed by atoms with E-state index in [2.05, 4.69) is 10.1 Å². The Bertz CT molecular complexity index is 1380. The number of nitrogens with zero attached hydrogens (tertiary/aromatic N) is 4. The first-order valence-corrected chi connectivity index (χ1v) is 11.5. The number of fused-ring (bicyclic) bond motifs is 1. The van der Waals surface area contributed by atoms with E-state index < -0.39 is 17.4 Å². The number of carbonyl (C=O) groups excluding carboxylic acids is 1. The molecule has 0 bridgehead atoms. The van der Waals surface area contributed by atoms with Gasteiger partial charge in [0, 0.05) is 25.4 Å². The van der Waals surface area contributed by atoms with Crippen molar-refractivity contribution in [3.8, 4) is 0 Å². The van der Waals surface area contributed by atoms with Crippen molar-refractivity contribution in [3.63, 3.8) is 0 Å². The number of hydrogen-bond acceptors (Lipinski definition) is 5. The van der Waals surface area contributed by atoms with Crippen LogP contribution in [0.1, 0.15) is 22.5 Å². The summed E-state index contributed by atoms with van der Waals surface area (Å²) in [6, 6.07) is 9.78. The van der Waals surface area contributed by atoms with Crippen molar-refractivity contribution in [2.24, 2.45) is 0 Å². The molecule has 6 nitrogen and oxygen atoms in total. The molecule has 4 aromatic rings. The van der Waals surface area contributed by atoms with Crippen LogP contribution in [-0.4, -0.2) is 30.9 Å². The molecule has 10 heteroatoms. The molecular formula is C23H19ClF2N4O2S. The molecule has 2 aromatic carbocycles. The van der Waals surface area contributed by atoms with Crippen molar-refractivity contribution >= 4 is 40.0 Å². The van der Waals surface area contributed by atoms with Gasteiger partial charge in [-0.2, -0.15) is 5.10 Å². The van der Waals surface area contributed by atoms with Crippen LogP contribution < -0.4 is 5.56 Å². The van der Waals surface area contributed by atoms with E-state index in [0.29, 0.717) is 46.7 Å². The first kappa shape index (κ1) is 23.1. The van der Waals surface area contributed by atoms with E-state index >= 15 is 0 Å². The van der Waals surface area contributed by atoms with Gasteiger partial charge in [0.1, 0.15) is 11.6 Å². The summed E-state index contributed by atoms with van der Waals surface area (Å²) in [4.78, 5) is 30.2. The summed E-state index contributed by atoms with van der Waals surface area (Å²) in [6.07, 6.45) is 2.30. The molecule has 0 fully saturated rings. The number of ketones is 1. The van der Waals surface area contributed by atoms with E-state index in [0.717, 1.165) is 29.6 Å². The van der Waals surface area contributed by atoms with Crippen LogP contribution in [0.5, 0.6) is 0 Å². The summed E-state index contributed by atoms with van der Waals surface area (Å²) in [5, 5.41) is 5.70. The van der Waals surface area contributed by atoms with Crippen molar-refractivity contribution in [3.05, 3.63) is 86.9 Å². The molecule has 0 aliphatic carbocycles. The van der Waals surface area contributed by atoms with Gasteiger partial charge in [0.2, 0.25) is 0 Å². The van der Waals surface area contributed by atoms with Gasteiger partial charge in [-0.05, 0) is 37.6 Å². The second-order valence-electron chi connectivity index (χ2n) is 7.38. The fourth-order valence-corrected chi connectivity index (χ4v) is 4.44. The first-order chi connectivity index (χ1) is 15.8. The smallest absolute Gasteiger partial charge is 0.262 e. The van der Waals surface area contributed by atoms with E-state index in [-0.39, 0.29) is 16.9 Å². The Hall–Kier alpha value is -3.04. The lowest BCUT2D eigenvalue weighted by molar-refractivity contribution is 0.101. The molecule has 0 spiro atoms. The fourth-order valence-electron chi connectivity index (χ4n) is 3.38. The second kappa shape index (κ2) is 9.84. The van der Waals surface area contributed by atoms with Crippen LogP contribution in [-0.2, 0) is 13.1 Å². The SMILES string of the molecule is Cc1nn(CCCn2c(SCC(=O)c3ccc(F)cc3F)nc3ccccc3c2=O)cc1Cl.